The summed E-state index contributed by atoms with van der Waals surface area (Å²) in [7, 11) is 0. The second-order valence-electron chi connectivity index (χ2n) is 8.92. The van der Waals surface area contributed by atoms with Crippen molar-refractivity contribution < 1.29 is 34.1 Å². The summed E-state index contributed by atoms with van der Waals surface area (Å²) in [5, 5.41) is 21.2. The molecule has 3 N–H and O–H groups in total. The van der Waals surface area contributed by atoms with Crippen molar-refractivity contribution in [3.05, 3.63) is 59.7 Å². The highest BCUT2D eigenvalue weighted by Gasteiger charge is 2.43. The zero-order valence-electron chi connectivity index (χ0n) is 19.4. The predicted molar refractivity (Wildman–Crippen MR) is 127 cm³/mol. The molecule has 35 heavy (non-hydrogen) atoms. The van der Waals surface area contributed by atoms with Crippen LogP contribution in [0.25, 0.3) is 11.1 Å². The minimum Gasteiger partial charge on any atom is -0.480 e. The van der Waals surface area contributed by atoms with Crippen molar-refractivity contribution in [3.8, 4) is 11.1 Å². The normalized spacial score (nSPS) is 16.1. The molecule has 2 aromatic rings. The summed E-state index contributed by atoms with van der Waals surface area (Å²) in [6.07, 6.45) is 0.0196. The van der Waals surface area contributed by atoms with E-state index in [9.17, 15) is 24.6 Å². The van der Waals surface area contributed by atoms with Crippen molar-refractivity contribution in [2.45, 2.75) is 18.8 Å². The van der Waals surface area contributed by atoms with Gasteiger partial charge in [-0.2, -0.15) is 0 Å². The second-order valence-corrected chi connectivity index (χ2v) is 8.92. The lowest BCUT2D eigenvalue weighted by atomic mass is 9.78. The van der Waals surface area contributed by atoms with E-state index in [4.69, 9.17) is 9.47 Å². The van der Waals surface area contributed by atoms with Gasteiger partial charge in [-0.15, -0.1) is 0 Å². The van der Waals surface area contributed by atoms with Crippen LogP contribution in [-0.2, 0) is 19.1 Å². The minimum atomic E-state index is -1.17. The molecule has 1 fully saturated rings. The Morgan fingerprint density at radius 2 is 1.63 bits per heavy atom. The highest BCUT2D eigenvalue weighted by molar-refractivity contribution is 5.87. The summed E-state index contributed by atoms with van der Waals surface area (Å²) in [6, 6.07) is 16.1. The van der Waals surface area contributed by atoms with E-state index in [1.807, 2.05) is 36.4 Å². The fourth-order valence-electron chi connectivity index (χ4n) is 4.99. The number of aliphatic hydroxyl groups is 1. The van der Waals surface area contributed by atoms with Gasteiger partial charge in [-0.3, -0.25) is 9.59 Å². The van der Waals surface area contributed by atoms with Gasteiger partial charge in [-0.25, -0.2) is 4.79 Å². The number of rotatable bonds is 9. The lowest BCUT2D eigenvalue weighted by molar-refractivity contribution is -0.154. The van der Waals surface area contributed by atoms with E-state index >= 15 is 0 Å². The Bertz CT molecular complexity index is 1040. The molecule has 0 radical (unpaired) electrons. The standard InChI is InChI=1S/C26H30N2O7/c29-12-11-28(15-23(30)31)24(32)26(9-13-34-14-10-26)17-27-25(33)35-16-22-20-7-3-1-5-18(20)19-6-2-4-8-21(19)22/h1-8,22,29H,9-17H2,(H,27,33)(H,30,31). The Morgan fingerprint density at radius 1 is 1.03 bits per heavy atom. The van der Waals surface area contributed by atoms with Crippen molar-refractivity contribution in [1.82, 2.24) is 10.2 Å². The summed E-state index contributed by atoms with van der Waals surface area (Å²) in [4.78, 5) is 38.3. The first kappa shape index (κ1) is 24.7. The van der Waals surface area contributed by atoms with E-state index in [-0.39, 0.29) is 32.2 Å². The van der Waals surface area contributed by atoms with Crippen LogP contribution < -0.4 is 5.32 Å². The van der Waals surface area contributed by atoms with Crippen LogP contribution in [0.15, 0.2) is 48.5 Å². The molecule has 1 heterocycles. The summed E-state index contributed by atoms with van der Waals surface area (Å²) in [6.45, 7) is -0.194. The van der Waals surface area contributed by atoms with E-state index in [0.29, 0.717) is 26.1 Å². The third kappa shape index (κ3) is 5.31. The van der Waals surface area contributed by atoms with Crippen molar-refractivity contribution in [1.29, 1.82) is 0 Å². The molecule has 2 aromatic carbocycles. The van der Waals surface area contributed by atoms with E-state index in [1.165, 1.54) is 0 Å². The quantitative estimate of drug-likeness (QED) is 0.500. The number of hydrogen-bond donors (Lipinski definition) is 3. The smallest absolute Gasteiger partial charge is 0.407 e. The van der Waals surface area contributed by atoms with Gasteiger partial charge in [0.15, 0.2) is 0 Å². The largest absolute Gasteiger partial charge is 0.480 e. The lowest BCUT2D eigenvalue weighted by Gasteiger charge is -2.39. The number of carboxylic acid groups (broad SMARTS) is 1. The number of benzene rings is 2. The molecular formula is C26H30N2O7. The number of nitrogens with one attached hydrogen (secondary N) is 1. The molecular weight excluding hydrogens is 452 g/mol. The van der Waals surface area contributed by atoms with Crippen molar-refractivity contribution in [2.24, 2.45) is 5.41 Å². The fourth-order valence-corrected chi connectivity index (χ4v) is 4.99. The van der Waals surface area contributed by atoms with Crippen LogP contribution in [0.1, 0.15) is 29.9 Å². The predicted octanol–water partition coefficient (Wildman–Crippen LogP) is 2.23. The van der Waals surface area contributed by atoms with Crippen LogP contribution in [0.4, 0.5) is 4.79 Å². The molecule has 1 aliphatic heterocycles. The number of carbonyl (C=O) groups is 3. The number of fused-ring (bicyclic) bond motifs is 3. The number of ether oxygens (including phenoxy) is 2. The SMILES string of the molecule is O=C(O)CN(CCO)C(=O)C1(CNC(=O)OCC2c3ccccc3-c3ccccc32)CCOCC1. The van der Waals surface area contributed by atoms with Gasteiger partial charge >= 0.3 is 12.1 Å². The molecule has 9 nitrogen and oxygen atoms in total. The number of aliphatic carboxylic acids is 1. The molecule has 0 saturated carbocycles. The molecule has 0 spiro atoms. The Kier molecular flexibility index (Phi) is 7.67. The molecule has 186 valence electrons. The highest BCUT2D eigenvalue weighted by atomic mass is 16.5. The number of carbonyl (C=O) groups excluding carboxylic acids is 2. The second kappa shape index (κ2) is 10.9. The summed E-state index contributed by atoms with van der Waals surface area (Å²) < 4.78 is 11.0. The first-order valence-corrected chi connectivity index (χ1v) is 11.7. The topological polar surface area (TPSA) is 125 Å². The van der Waals surface area contributed by atoms with Crippen molar-refractivity contribution in [2.75, 3.05) is 46.1 Å². The molecule has 2 amide bonds. The van der Waals surface area contributed by atoms with Gasteiger partial charge in [0.2, 0.25) is 5.91 Å². The first-order chi connectivity index (χ1) is 16.9. The van der Waals surface area contributed by atoms with Crippen LogP contribution in [-0.4, -0.2) is 79.1 Å². The van der Waals surface area contributed by atoms with Gasteiger partial charge in [-0.1, -0.05) is 48.5 Å². The van der Waals surface area contributed by atoms with Gasteiger partial charge in [0.05, 0.1) is 12.0 Å². The van der Waals surface area contributed by atoms with Gasteiger partial charge in [-0.05, 0) is 35.1 Å². The van der Waals surface area contributed by atoms with Crippen LogP contribution in [0.2, 0.25) is 0 Å². The van der Waals surface area contributed by atoms with Crippen LogP contribution in [0, 0.1) is 5.41 Å². The van der Waals surface area contributed by atoms with E-state index in [1.54, 1.807) is 0 Å². The molecule has 0 unspecified atom stereocenters. The zero-order valence-corrected chi connectivity index (χ0v) is 19.4. The minimum absolute atomic E-state index is 0.00653. The molecule has 1 saturated heterocycles. The average molecular weight is 483 g/mol. The molecule has 9 heteroatoms. The van der Waals surface area contributed by atoms with Crippen molar-refractivity contribution in [3.63, 3.8) is 0 Å². The summed E-state index contributed by atoms with van der Waals surface area (Å²) in [5.74, 6) is -1.67. The van der Waals surface area contributed by atoms with E-state index in [0.717, 1.165) is 27.2 Å². The zero-order chi connectivity index (χ0) is 24.8. The van der Waals surface area contributed by atoms with Gasteiger partial charge in [0, 0.05) is 32.2 Å². The third-order valence-electron chi connectivity index (χ3n) is 6.80. The number of hydrogen-bond acceptors (Lipinski definition) is 6. The number of carboxylic acids is 1. The van der Waals surface area contributed by atoms with Crippen molar-refractivity contribution >= 4 is 18.0 Å². The van der Waals surface area contributed by atoms with Gasteiger partial charge < -0.3 is 29.9 Å². The lowest BCUT2D eigenvalue weighted by Crippen LogP contribution is -2.54. The Labute approximate surface area is 203 Å². The third-order valence-corrected chi connectivity index (χ3v) is 6.80. The van der Waals surface area contributed by atoms with Gasteiger partial charge in [0.25, 0.3) is 0 Å². The number of alkyl carbamates (subject to hydrolysis) is 1. The Balaban J connectivity index is 1.42. The molecule has 2 aliphatic rings. The Hall–Kier alpha value is -3.43. The summed E-state index contributed by atoms with van der Waals surface area (Å²) in [5.41, 5.74) is 3.45. The Morgan fingerprint density at radius 3 is 2.20 bits per heavy atom. The highest BCUT2D eigenvalue weighted by Crippen LogP contribution is 2.44. The molecule has 1 aliphatic carbocycles. The maximum Gasteiger partial charge on any atom is 0.407 e. The monoisotopic (exact) mass is 482 g/mol. The molecule has 4 rings (SSSR count). The van der Waals surface area contributed by atoms with Gasteiger partial charge in [0.1, 0.15) is 13.2 Å². The maximum atomic E-state index is 13.3. The van der Waals surface area contributed by atoms with Crippen LogP contribution in [0.5, 0.6) is 0 Å². The molecule has 0 bridgehead atoms. The fraction of sp³-hybridized carbons (Fsp3) is 0.423. The average Bonchev–Trinajstić information content (AvgIpc) is 3.19. The van der Waals surface area contributed by atoms with E-state index in [2.05, 4.69) is 17.4 Å². The number of nitrogens with zero attached hydrogens (tertiary/aromatic N) is 1. The number of amides is 2. The maximum absolute atomic E-state index is 13.3. The molecule has 0 aromatic heterocycles. The molecule has 0 atom stereocenters. The van der Waals surface area contributed by atoms with Crippen LogP contribution in [0.3, 0.4) is 0 Å². The van der Waals surface area contributed by atoms with E-state index < -0.39 is 29.9 Å². The first-order valence-electron chi connectivity index (χ1n) is 11.7. The summed E-state index contributed by atoms with van der Waals surface area (Å²) >= 11 is 0. The van der Waals surface area contributed by atoms with Crippen LogP contribution >= 0.6 is 0 Å². The number of aliphatic hydroxyl groups excluding tert-OH is 1.